The lowest BCUT2D eigenvalue weighted by Crippen LogP contribution is -2.36. The van der Waals surface area contributed by atoms with Crippen molar-refractivity contribution in [1.29, 1.82) is 0 Å². The molecule has 2 N–H and O–H groups in total. The van der Waals surface area contributed by atoms with E-state index in [1.165, 1.54) is 25.4 Å². The van der Waals surface area contributed by atoms with Crippen LogP contribution in [-0.4, -0.2) is 22.7 Å². The predicted octanol–water partition coefficient (Wildman–Crippen LogP) is 0.782. The third-order valence-corrected chi connectivity index (χ3v) is 1.91. The van der Waals surface area contributed by atoms with Gasteiger partial charge < -0.3 is 5.73 Å². The molecule has 0 unspecified atom stereocenters. The first kappa shape index (κ1) is 11.5. The van der Waals surface area contributed by atoms with Crippen LogP contribution in [0.5, 0.6) is 0 Å². The maximum atomic E-state index is 11.4. The number of hydrogen-bond donors (Lipinski definition) is 1. The highest BCUT2D eigenvalue weighted by Gasteiger charge is 2.19. The Kier molecular flexibility index (Phi) is 3.62. The van der Waals surface area contributed by atoms with Crippen molar-refractivity contribution in [3.63, 3.8) is 0 Å². The Bertz CT molecular complexity index is 395. The number of imide groups is 1. The number of pyridine rings is 1. The summed E-state index contributed by atoms with van der Waals surface area (Å²) in [5.74, 6) is -1.20. The summed E-state index contributed by atoms with van der Waals surface area (Å²) in [5, 5.41) is 0. The molecule has 1 heterocycles. The fraction of sp³-hybridized carbons (Fsp3) is 0.222. The van der Waals surface area contributed by atoms with Crippen LogP contribution in [0.2, 0.25) is 0 Å². The molecule has 0 saturated heterocycles. The minimum Gasteiger partial charge on any atom is -0.397 e. The van der Waals surface area contributed by atoms with E-state index in [9.17, 15) is 9.59 Å². The molecule has 2 amide bonds. The second kappa shape index (κ2) is 4.75. The Balaban J connectivity index is 3.10. The van der Waals surface area contributed by atoms with E-state index < -0.39 is 11.8 Å². The number of nitrogens with two attached hydrogens (primary N) is 1. The summed E-state index contributed by atoms with van der Waals surface area (Å²) in [6, 6.07) is 1.48. The number of carbonyl (C=O) groups excluding carboxylic acids is 2. The molecule has 0 saturated carbocycles. The highest BCUT2D eigenvalue weighted by atomic mass is 35.5. The van der Waals surface area contributed by atoms with Gasteiger partial charge in [-0.05, 0) is 6.07 Å². The van der Waals surface area contributed by atoms with Crippen LogP contribution in [0, 0.1) is 0 Å². The van der Waals surface area contributed by atoms with Gasteiger partial charge >= 0.3 is 0 Å². The number of nitrogen functional groups attached to an aromatic ring is 1. The Morgan fingerprint density at radius 2 is 2.20 bits per heavy atom. The molecule has 1 rings (SSSR count). The molecule has 0 aliphatic carbocycles. The highest BCUT2D eigenvalue weighted by molar-refractivity contribution is 6.32. The van der Waals surface area contributed by atoms with E-state index in [4.69, 9.17) is 17.3 Å². The third-order valence-electron chi connectivity index (χ3n) is 1.68. The third kappa shape index (κ3) is 2.66. The standard InChI is InChI=1S/C9H10ClN3O2/c1-6(14)13(9(15)3-10)8-2-7(11)4-12-5-8/h2,4-5H,3,11H2,1H3. The average molecular weight is 228 g/mol. The highest BCUT2D eigenvalue weighted by Crippen LogP contribution is 2.16. The van der Waals surface area contributed by atoms with Crippen LogP contribution in [0.1, 0.15) is 6.92 Å². The monoisotopic (exact) mass is 227 g/mol. The normalized spacial score (nSPS) is 9.73. The van der Waals surface area contributed by atoms with Gasteiger partial charge in [0.2, 0.25) is 11.8 Å². The van der Waals surface area contributed by atoms with E-state index in [1.54, 1.807) is 0 Å². The van der Waals surface area contributed by atoms with Crippen molar-refractivity contribution in [2.75, 3.05) is 16.5 Å². The number of carbonyl (C=O) groups is 2. The second-order valence-corrected chi connectivity index (χ2v) is 3.13. The van der Waals surface area contributed by atoms with Crippen LogP contribution in [-0.2, 0) is 9.59 Å². The molecule has 0 aromatic carbocycles. The Labute approximate surface area is 91.8 Å². The van der Waals surface area contributed by atoms with Crippen LogP contribution in [0.15, 0.2) is 18.5 Å². The van der Waals surface area contributed by atoms with Gasteiger partial charge in [-0.3, -0.25) is 14.6 Å². The summed E-state index contributed by atoms with van der Waals surface area (Å²) in [4.78, 5) is 27.3. The molecule has 1 aromatic rings. The van der Waals surface area contributed by atoms with Crippen LogP contribution in [0.3, 0.4) is 0 Å². The van der Waals surface area contributed by atoms with Gasteiger partial charge in [0.15, 0.2) is 0 Å². The summed E-state index contributed by atoms with van der Waals surface area (Å²) in [5.41, 5.74) is 6.20. The van der Waals surface area contributed by atoms with Gasteiger partial charge in [0.25, 0.3) is 0 Å². The SMILES string of the molecule is CC(=O)N(C(=O)CCl)c1cncc(N)c1. The molecule has 0 radical (unpaired) electrons. The number of rotatable bonds is 2. The van der Waals surface area contributed by atoms with E-state index >= 15 is 0 Å². The molecule has 6 heteroatoms. The number of hydrogen-bond acceptors (Lipinski definition) is 4. The predicted molar refractivity (Wildman–Crippen MR) is 57.5 cm³/mol. The number of anilines is 2. The molecular formula is C9H10ClN3O2. The molecule has 0 bridgehead atoms. The minimum absolute atomic E-state index is 0.269. The lowest BCUT2D eigenvalue weighted by molar-refractivity contribution is -0.124. The van der Waals surface area contributed by atoms with Crippen molar-refractivity contribution < 1.29 is 9.59 Å². The molecule has 0 aliphatic rings. The number of amides is 2. The minimum atomic E-state index is -0.503. The average Bonchev–Trinajstić information content (AvgIpc) is 2.17. The van der Waals surface area contributed by atoms with Crippen LogP contribution < -0.4 is 10.6 Å². The first-order valence-electron chi connectivity index (χ1n) is 4.16. The molecule has 0 spiro atoms. The number of alkyl halides is 1. The van der Waals surface area contributed by atoms with E-state index in [1.807, 2.05) is 0 Å². The van der Waals surface area contributed by atoms with Crippen LogP contribution in [0.4, 0.5) is 11.4 Å². The molecular weight excluding hydrogens is 218 g/mol. The Morgan fingerprint density at radius 1 is 1.53 bits per heavy atom. The van der Waals surface area contributed by atoms with Crippen molar-refractivity contribution in [3.05, 3.63) is 18.5 Å². The van der Waals surface area contributed by atoms with E-state index in [-0.39, 0.29) is 5.88 Å². The van der Waals surface area contributed by atoms with Crippen LogP contribution >= 0.6 is 11.6 Å². The van der Waals surface area contributed by atoms with Gasteiger partial charge in [0.05, 0.1) is 17.6 Å². The zero-order chi connectivity index (χ0) is 11.4. The van der Waals surface area contributed by atoms with Crippen molar-refractivity contribution in [2.24, 2.45) is 0 Å². The van der Waals surface area contributed by atoms with Crippen molar-refractivity contribution in [1.82, 2.24) is 4.98 Å². The first-order valence-corrected chi connectivity index (χ1v) is 4.69. The molecule has 0 fully saturated rings. The summed E-state index contributed by atoms with van der Waals surface area (Å²) in [7, 11) is 0. The van der Waals surface area contributed by atoms with Crippen molar-refractivity contribution >= 4 is 34.8 Å². The summed E-state index contributed by atoms with van der Waals surface area (Å²) >= 11 is 5.39. The Morgan fingerprint density at radius 3 is 2.67 bits per heavy atom. The second-order valence-electron chi connectivity index (χ2n) is 2.86. The topological polar surface area (TPSA) is 76.3 Å². The van der Waals surface area contributed by atoms with Gasteiger partial charge in [0, 0.05) is 13.1 Å². The number of aromatic nitrogens is 1. The van der Waals surface area contributed by atoms with Gasteiger partial charge in [-0.25, -0.2) is 4.90 Å². The maximum Gasteiger partial charge on any atom is 0.248 e. The van der Waals surface area contributed by atoms with E-state index in [0.717, 1.165) is 4.90 Å². The maximum absolute atomic E-state index is 11.4. The lowest BCUT2D eigenvalue weighted by Gasteiger charge is -2.17. The zero-order valence-corrected chi connectivity index (χ0v) is 8.86. The molecule has 0 atom stereocenters. The molecule has 0 aliphatic heterocycles. The summed E-state index contributed by atoms with van der Waals surface area (Å²) < 4.78 is 0. The first-order chi connectivity index (χ1) is 7.06. The molecule has 80 valence electrons. The molecule has 5 nitrogen and oxygen atoms in total. The zero-order valence-electron chi connectivity index (χ0n) is 8.11. The molecule has 15 heavy (non-hydrogen) atoms. The van der Waals surface area contributed by atoms with Crippen LogP contribution in [0.25, 0.3) is 0 Å². The fourth-order valence-electron chi connectivity index (χ4n) is 1.13. The Hall–Kier alpha value is -1.62. The van der Waals surface area contributed by atoms with E-state index in [2.05, 4.69) is 4.98 Å². The lowest BCUT2D eigenvalue weighted by atomic mass is 10.3. The largest absolute Gasteiger partial charge is 0.397 e. The number of halogens is 1. The van der Waals surface area contributed by atoms with Gasteiger partial charge in [-0.1, -0.05) is 0 Å². The quantitative estimate of drug-likeness (QED) is 0.758. The summed E-state index contributed by atoms with van der Waals surface area (Å²) in [6.45, 7) is 1.27. The van der Waals surface area contributed by atoms with Gasteiger partial charge in [-0.15, -0.1) is 11.6 Å². The van der Waals surface area contributed by atoms with E-state index in [0.29, 0.717) is 11.4 Å². The van der Waals surface area contributed by atoms with Gasteiger partial charge in [0.1, 0.15) is 5.88 Å². The van der Waals surface area contributed by atoms with Crippen molar-refractivity contribution in [3.8, 4) is 0 Å². The molecule has 1 aromatic heterocycles. The summed E-state index contributed by atoms with van der Waals surface area (Å²) in [6.07, 6.45) is 2.80. The van der Waals surface area contributed by atoms with Gasteiger partial charge in [-0.2, -0.15) is 0 Å². The fourth-order valence-corrected chi connectivity index (χ4v) is 1.25. The van der Waals surface area contributed by atoms with Crippen molar-refractivity contribution in [2.45, 2.75) is 6.92 Å². The number of nitrogens with zero attached hydrogens (tertiary/aromatic N) is 2. The smallest absolute Gasteiger partial charge is 0.248 e.